The molecule has 0 fully saturated rings. The molecule has 0 bridgehead atoms. The molecule has 2 aromatic rings. The molecule has 0 N–H and O–H groups in total. The number of aliphatic imine (C=N–C) groups is 2. The number of rotatable bonds is 5. The third-order valence-corrected chi connectivity index (χ3v) is 3.87. The van der Waals surface area contributed by atoms with E-state index in [0.717, 1.165) is 17.8 Å². The van der Waals surface area contributed by atoms with Crippen molar-refractivity contribution in [3.05, 3.63) is 65.2 Å². The van der Waals surface area contributed by atoms with Gasteiger partial charge in [-0.25, -0.2) is 0 Å². The van der Waals surface area contributed by atoms with E-state index in [1.54, 1.807) is 0 Å². The van der Waals surface area contributed by atoms with E-state index in [-0.39, 0.29) is 0 Å². The molecule has 108 valence electrons. The largest absolute Gasteiger partial charge is 0.291 e. The summed E-state index contributed by atoms with van der Waals surface area (Å²) in [7, 11) is 2.73. The minimum Gasteiger partial charge on any atom is -0.291 e. The van der Waals surface area contributed by atoms with Crippen molar-refractivity contribution in [2.24, 2.45) is 9.98 Å². The fourth-order valence-corrected chi connectivity index (χ4v) is 2.41. The van der Waals surface area contributed by atoms with E-state index in [4.69, 9.17) is 0 Å². The third kappa shape index (κ3) is 4.61. The lowest BCUT2D eigenvalue weighted by molar-refractivity contribution is 0.978. The molecule has 2 aromatic carbocycles. The van der Waals surface area contributed by atoms with E-state index >= 15 is 0 Å². The maximum Gasteiger partial charge on any atom is 0.0588 e. The van der Waals surface area contributed by atoms with Crippen LogP contribution in [0.4, 0.5) is 0 Å². The van der Waals surface area contributed by atoms with Crippen LogP contribution in [0.1, 0.15) is 23.6 Å². The molecule has 3 heteroatoms. The van der Waals surface area contributed by atoms with Crippen LogP contribution in [0.2, 0.25) is 0 Å². The van der Waals surface area contributed by atoms with Crippen LogP contribution in [0.25, 0.3) is 0 Å². The highest BCUT2D eigenvalue weighted by atomic mass is 31.0. The summed E-state index contributed by atoms with van der Waals surface area (Å²) in [5.74, 6) is 0. The van der Waals surface area contributed by atoms with Crippen molar-refractivity contribution >= 4 is 26.5 Å². The first kappa shape index (κ1) is 15.6. The smallest absolute Gasteiger partial charge is 0.0588 e. The lowest BCUT2D eigenvalue weighted by Gasteiger charge is -2.04. The third-order valence-electron chi connectivity index (χ3n) is 3.34. The Kier molecular flexibility index (Phi) is 5.83. The molecule has 0 spiro atoms. The fraction of sp³-hybridized carbons (Fsp3) is 0.222. The van der Waals surface area contributed by atoms with Gasteiger partial charge in [0.2, 0.25) is 0 Å². The maximum absolute atomic E-state index is 4.61. The number of benzene rings is 2. The summed E-state index contributed by atoms with van der Waals surface area (Å²) in [6, 6.07) is 16.5. The molecule has 0 aliphatic rings. The fourth-order valence-electron chi connectivity index (χ4n) is 2.13. The molecule has 0 aromatic heterocycles. The standard InChI is InChI=1S/C18H21N2P/c1-14-7-3-5-9-17(14)15(2)20-12-11-19-13-16-8-4-6-10-18(16)21/h3-10,13H,11-12,21H2,1-2H3/b19-13+,20-15+. The van der Waals surface area contributed by atoms with E-state index in [1.165, 1.54) is 16.4 Å². The summed E-state index contributed by atoms with van der Waals surface area (Å²) in [6.07, 6.45) is 1.92. The van der Waals surface area contributed by atoms with Gasteiger partial charge in [0.05, 0.1) is 13.1 Å². The van der Waals surface area contributed by atoms with E-state index in [1.807, 2.05) is 18.3 Å². The van der Waals surface area contributed by atoms with Gasteiger partial charge >= 0.3 is 0 Å². The van der Waals surface area contributed by atoms with E-state index in [2.05, 4.69) is 69.5 Å². The molecule has 0 amide bonds. The van der Waals surface area contributed by atoms with Crippen molar-refractivity contribution < 1.29 is 0 Å². The summed E-state index contributed by atoms with van der Waals surface area (Å²) in [6.45, 7) is 5.60. The van der Waals surface area contributed by atoms with Crippen LogP contribution in [-0.2, 0) is 0 Å². The van der Waals surface area contributed by atoms with E-state index < -0.39 is 0 Å². The number of aryl methyl sites for hydroxylation is 1. The summed E-state index contributed by atoms with van der Waals surface area (Å²) in [5, 5.41) is 1.17. The Bertz CT molecular complexity index is 660. The van der Waals surface area contributed by atoms with Crippen molar-refractivity contribution in [3.63, 3.8) is 0 Å². The number of hydrogen-bond donors (Lipinski definition) is 0. The van der Waals surface area contributed by atoms with Gasteiger partial charge in [-0.3, -0.25) is 9.98 Å². The van der Waals surface area contributed by atoms with Crippen LogP contribution in [0.15, 0.2) is 58.5 Å². The summed E-state index contributed by atoms with van der Waals surface area (Å²) < 4.78 is 0. The Morgan fingerprint density at radius 1 is 1.05 bits per heavy atom. The van der Waals surface area contributed by atoms with Crippen LogP contribution in [-0.4, -0.2) is 25.0 Å². The van der Waals surface area contributed by atoms with E-state index in [0.29, 0.717) is 6.54 Å². The average Bonchev–Trinajstić information content (AvgIpc) is 2.49. The van der Waals surface area contributed by atoms with Gasteiger partial charge in [0, 0.05) is 11.9 Å². The monoisotopic (exact) mass is 296 g/mol. The van der Waals surface area contributed by atoms with Gasteiger partial charge in [-0.1, -0.05) is 48.5 Å². The van der Waals surface area contributed by atoms with Crippen molar-refractivity contribution in [2.45, 2.75) is 13.8 Å². The molecule has 1 atom stereocenters. The first-order chi connectivity index (χ1) is 10.2. The minimum absolute atomic E-state index is 0.711. The number of hydrogen-bond acceptors (Lipinski definition) is 2. The Labute approximate surface area is 129 Å². The Hall–Kier alpha value is -1.79. The van der Waals surface area contributed by atoms with Gasteiger partial charge in [-0.05, 0) is 35.8 Å². The topological polar surface area (TPSA) is 24.7 Å². The molecule has 0 saturated carbocycles. The molecule has 21 heavy (non-hydrogen) atoms. The van der Waals surface area contributed by atoms with Gasteiger partial charge in [0.15, 0.2) is 0 Å². The van der Waals surface area contributed by atoms with Crippen LogP contribution >= 0.6 is 9.24 Å². The van der Waals surface area contributed by atoms with Crippen LogP contribution in [0.5, 0.6) is 0 Å². The Morgan fingerprint density at radius 3 is 2.52 bits per heavy atom. The normalized spacial score (nSPS) is 12.0. The lowest BCUT2D eigenvalue weighted by atomic mass is 10.1. The second-order valence-corrected chi connectivity index (χ2v) is 5.57. The molecule has 0 heterocycles. The van der Waals surface area contributed by atoms with Crippen LogP contribution < -0.4 is 5.30 Å². The van der Waals surface area contributed by atoms with Gasteiger partial charge in [0.1, 0.15) is 0 Å². The zero-order valence-corrected chi connectivity index (χ0v) is 13.7. The van der Waals surface area contributed by atoms with Crippen molar-refractivity contribution in [1.29, 1.82) is 0 Å². The van der Waals surface area contributed by atoms with Gasteiger partial charge in [-0.2, -0.15) is 0 Å². The predicted octanol–water partition coefficient (Wildman–Crippen LogP) is 3.42. The predicted molar refractivity (Wildman–Crippen MR) is 96.5 cm³/mol. The summed E-state index contributed by atoms with van der Waals surface area (Å²) in [5.41, 5.74) is 4.70. The first-order valence-electron chi connectivity index (χ1n) is 7.10. The van der Waals surface area contributed by atoms with Crippen molar-refractivity contribution in [2.75, 3.05) is 13.1 Å². The minimum atomic E-state index is 0.711. The zero-order chi connectivity index (χ0) is 15.1. The van der Waals surface area contributed by atoms with Crippen molar-refractivity contribution in [3.8, 4) is 0 Å². The molecule has 0 aliphatic carbocycles. The highest BCUT2D eigenvalue weighted by Gasteiger charge is 1.99. The van der Waals surface area contributed by atoms with Crippen LogP contribution in [0.3, 0.4) is 0 Å². The van der Waals surface area contributed by atoms with Gasteiger partial charge < -0.3 is 0 Å². The second-order valence-electron chi connectivity index (χ2n) is 4.95. The zero-order valence-electron chi connectivity index (χ0n) is 12.6. The lowest BCUT2D eigenvalue weighted by Crippen LogP contribution is -2.02. The Morgan fingerprint density at radius 2 is 1.76 bits per heavy atom. The quantitative estimate of drug-likeness (QED) is 0.459. The summed E-state index contributed by atoms with van der Waals surface area (Å²) in [4.78, 5) is 9.05. The first-order valence-corrected chi connectivity index (χ1v) is 7.67. The maximum atomic E-state index is 4.61. The molecule has 2 nitrogen and oxygen atoms in total. The highest BCUT2D eigenvalue weighted by Crippen LogP contribution is 2.08. The second kappa shape index (κ2) is 7.85. The summed E-state index contributed by atoms with van der Waals surface area (Å²) >= 11 is 0. The van der Waals surface area contributed by atoms with Crippen molar-refractivity contribution in [1.82, 2.24) is 0 Å². The molecular formula is C18H21N2P. The Balaban J connectivity index is 1.91. The molecular weight excluding hydrogens is 275 g/mol. The molecule has 2 rings (SSSR count). The molecule has 0 radical (unpaired) electrons. The van der Waals surface area contributed by atoms with E-state index in [9.17, 15) is 0 Å². The average molecular weight is 296 g/mol. The SMILES string of the molecule is C/C(=N\CC/N=C/c1ccccc1P)c1ccccc1C. The number of nitrogens with zero attached hydrogens (tertiary/aromatic N) is 2. The van der Waals surface area contributed by atoms with Crippen LogP contribution in [0, 0.1) is 6.92 Å². The molecule has 1 unspecified atom stereocenters. The van der Waals surface area contributed by atoms with Gasteiger partial charge in [0.25, 0.3) is 0 Å². The van der Waals surface area contributed by atoms with Gasteiger partial charge in [-0.15, -0.1) is 9.24 Å². The molecule has 0 aliphatic heterocycles. The molecule has 0 saturated heterocycles. The highest BCUT2D eigenvalue weighted by molar-refractivity contribution is 7.27.